The van der Waals surface area contributed by atoms with Gasteiger partial charge < -0.3 is 25.0 Å². The van der Waals surface area contributed by atoms with Crippen LogP contribution in [0, 0.1) is 11.8 Å². The van der Waals surface area contributed by atoms with Crippen LogP contribution >= 0.6 is 23.2 Å². The number of nitrogens with one attached hydrogen (secondary N) is 2. The smallest absolute Gasteiger partial charge is 0.243 e. The molecule has 1 aromatic carbocycles. The molecule has 3 heterocycles. The highest BCUT2D eigenvalue weighted by atomic mass is 35.5. The van der Waals surface area contributed by atoms with E-state index in [9.17, 15) is 14.7 Å². The Hall–Kier alpha value is -1.58. The second-order valence-electron chi connectivity index (χ2n) is 8.92. The summed E-state index contributed by atoms with van der Waals surface area (Å²) < 4.78 is 5.46. The van der Waals surface area contributed by atoms with Crippen LogP contribution in [0.1, 0.15) is 26.2 Å². The van der Waals surface area contributed by atoms with Crippen LogP contribution in [0.25, 0.3) is 0 Å². The van der Waals surface area contributed by atoms with E-state index in [1.54, 1.807) is 6.07 Å². The summed E-state index contributed by atoms with van der Waals surface area (Å²) in [6.45, 7) is 5.55. The van der Waals surface area contributed by atoms with Gasteiger partial charge in [-0.1, -0.05) is 30.1 Å². The van der Waals surface area contributed by atoms with Gasteiger partial charge in [0.15, 0.2) is 6.35 Å². The monoisotopic (exact) mass is 484 g/mol. The lowest BCUT2D eigenvalue weighted by Crippen LogP contribution is -2.57. The van der Waals surface area contributed by atoms with Gasteiger partial charge >= 0.3 is 0 Å². The highest BCUT2D eigenvalue weighted by molar-refractivity contribution is 6.35. The molecule has 10 heteroatoms. The molecule has 2 amide bonds. The third-order valence-corrected chi connectivity index (χ3v) is 7.28. The number of amides is 2. The van der Waals surface area contributed by atoms with Crippen LogP contribution in [0.3, 0.4) is 0 Å². The van der Waals surface area contributed by atoms with Crippen molar-refractivity contribution in [2.75, 3.05) is 44.3 Å². The van der Waals surface area contributed by atoms with E-state index in [1.807, 2.05) is 24.0 Å². The predicted molar refractivity (Wildman–Crippen MR) is 123 cm³/mol. The van der Waals surface area contributed by atoms with E-state index in [2.05, 4.69) is 15.5 Å². The molecule has 3 fully saturated rings. The fraction of sp³-hybridized carbons (Fsp3) is 0.636. The summed E-state index contributed by atoms with van der Waals surface area (Å²) in [7, 11) is 0. The molecule has 8 nitrogen and oxygen atoms in total. The molecule has 4 rings (SSSR count). The maximum Gasteiger partial charge on any atom is 0.243 e. The molecule has 176 valence electrons. The van der Waals surface area contributed by atoms with Crippen molar-refractivity contribution in [3.05, 3.63) is 28.2 Å². The average molecular weight is 485 g/mol. The number of carbonyl (C=O) groups excluding carboxylic acids is 2. The first-order chi connectivity index (χ1) is 15.3. The maximum atomic E-state index is 13.3. The summed E-state index contributed by atoms with van der Waals surface area (Å²) >= 11 is 12.3. The minimum absolute atomic E-state index is 0.00748. The van der Waals surface area contributed by atoms with E-state index in [-0.39, 0.29) is 23.7 Å². The number of anilines is 1. The number of hydrogen-bond acceptors (Lipinski definition) is 6. The number of halogens is 2. The van der Waals surface area contributed by atoms with Crippen molar-refractivity contribution < 1.29 is 19.4 Å². The third-order valence-electron chi connectivity index (χ3n) is 6.84. The van der Waals surface area contributed by atoms with Gasteiger partial charge in [0.25, 0.3) is 0 Å². The van der Waals surface area contributed by atoms with Crippen molar-refractivity contribution in [2.45, 2.75) is 38.1 Å². The Morgan fingerprint density at radius 3 is 2.38 bits per heavy atom. The van der Waals surface area contributed by atoms with Crippen LogP contribution in [0.5, 0.6) is 0 Å². The number of ether oxygens (including phenoxy) is 1. The predicted octanol–water partition coefficient (Wildman–Crippen LogP) is 1.83. The minimum Gasteiger partial charge on any atom is -0.381 e. The van der Waals surface area contributed by atoms with Crippen LogP contribution in [-0.4, -0.2) is 73.1 Å². The van der Waals surface area contributed by atoms with Gasteiger partial charge in [-0.25, -0.2) is 0 Å². The molecule has 3 aliphatic rings. The van der Waals surface area contributed by atoms with Gasteiger partial charge in [-0.2, -0.15) is 0 Å². The van der Waals surface area contributed by atoms with Crippen molar-refractivity contribution in [2.24, 2.45) is 11.8 Å². The second-order valence-corrected chi connectivity index (χ2v) is 9.80. The standard InChI is InChI=1S/C22H30Cl2N4O4/c1-14(13-22(15-2-8-32-9-3-15)20(30)25-21(31)26-22)19(29)28-6-4-27(5-7-28)18-11-16(23)10-17(24)12-18/h10-12,14-15,21,26,31H,2-9,13H2,1H3,(H,25,30). The average Bonchev–Trinajstić information content (AvgIpc) is 3.06. The largest absolute Gasteiger partial charge is 0.381 e. The number of piperazine rings is 1. The van der Waals surface area contributed by atoms with Gasteiger partial charge in [-0.3, -0.25) is 14.9 Å². The van der Waals surface area contributed by atoms with Crippen molar-refractivity contribution in [3.63, 3.8) is 0 Å². The Bertz CT molecular complexity index is 838. The fourth-order valence-electron chi connectivity index (χ4n) is 5.20. The molecule has 0 aromatic heterocycles. The van der Waals surface area contributed by atoms with Gasteiger partial charge in [0.1, 0.15) is 5.54 Å². The van der Waals surface area contributed by atoms with Gasteiger partial charge in [-0.15, -0.1) is 0 Å². The molecule has 0 bridgehead atoms. The molecule has 32 heavy (non-hydrogen) atoms. The van der Waals surface area contributed by atoms with Crippen molar-refractivity contribution in [1.82, 2.24) is 15.5 Å². The van der Waals surface area contributed by atoms with Gasteiger partial charge in [0.2, 0.25) is 11.8 Å². The molecule has 0 aliphatic carbocycles. The molecule has 1 aromatic rings. The number of aliphatic hydroxyl groups is 1. The first-order valence-electron chi connectivity index (χ1n) is 11.1. The fourth-order valence-corrected chi connectivity index (χ4v) is 5.71. The Balaban J connectivity index is 1.40. The molecule has 0 radical (unpaired) electrons. The molecular weight excluding hydrogens is 455 g/mol. The Morgan fingerprint density at radius 2 is 1.81 bits per heavy atom. The van der Waals surface area contributed by atoms with Crippen molar-refractivity contribution in [1.29, 1.82) is 0 Å². The number of aliphatic hydroxyl groups excluding tert-OH is 1. The van der Waals surface area contributed by atoms with Crippen molar-refractivity contribution in [3.8, 4) is 0 Å². The molecule has 3 aliphatic heterocycles. The third kappa shape index (κ3) is 4.84. The summed E-state index contributed by atoms with van der Waals surface area (Å²) in [5.41, 5.74) is -0.0144. The van der Waals surface area contributed by atoms with Crippen LogP contribution in [0.4, 0.5) is 5.69 Å². The highest BCUT2D eigenvalue weighted by Gasteiger charge is 2.53. The lowest BCUT2D eigenvalue weighted by atomic mass is 9.73. The van der Waals surface area contributed by atoms with Crippen LogP contribution in [0.15, 0.2) is 18.2 Å². The van der Waals surface area contributed by atoms with E-state index >= 15 is 0 Å². The normalized spacial score (nSPS) is 28.0. The van der Waals surface area contributed by atoms with E-state index < -0.39 is 11.9 Å². The summed E-state index contributed by atoms with van der Waals surface area (Å²) in [5.74, 6) is -0.572. The highest BCUT2D eigenvalue weighted by Crippen LogP contribution is 2.36. The molecule has 3 N–H and O–H groups in total. The van der Waals surface area contributed by atoms with Crippen molar-refractivity contribution >= 4 is 40.7 Å². The van der Waals surface area contributed by atoms with Crippen LogP contribution < -0.4 is 15.5 Å². The topological polar surface area (TPSA) is 94.1 Å². The van der Waals surface area contributed by atoms with E-state index in [0.717, 1.165) is 18.5 Å². The van der Waals surface area contributed by atoms with Gasteiger partial charge in [-0.05, 0) is 43.4 Å². The first-order valence-corrected chi connectivity index (χ1v) is 11.9. The number of rotatable bonds is 5. The summed E-state index contributed by atoms with van der Waals surface area (Å²) in [6, 6.07) is 5.45. The lowest BCUT2D eigenvalue weighted by molar-refractivity contribution is -0.137. The summed E-state index contributed by atoms with van der Waals surface area (Å²) in [6.07, 6.45) is 0.675. The second kappa shape index (κ2) is 9.73. The Labute approximate surface area is 198 Å². The quantitative estimate of drug-likeness (QED) is 0.590. The number of benzene rings is 1. The molecular formula is C22H30Cl2N4O4. The molecule has 3 saturated heterocycles. The van der Waals surface area contributed by atoms with E-state index in [1.165, 1.54) is 0 Å². The molecule has 0 spiro atoms. The van der Waals surface area contributed by atoms with Gasteiger partial charge in [0.05, 0.1) is 0 Å². The molecule has 3 unspecified atom stereocenters. The van der Waals surface area contributed by atoms with Crippen LogP contribution in [0.2, 0.25) is 10.0 Å². The number of hydrogen-bond donors (Lipinski definition) is 3. The SMILES string of the molecule is CC(CC1(C2CCOCC2)NC(O)NC1=O)C(=O)N1CCN(c2cc(Cl)cc(Cl)c2)CC1. The Kier molecular flexibility index (Phi) is 7.17. The summed E-state index contributed by atoms with van der Waals surface area (Å²) in [5, 5.41) is 16.8. The van der Waals surface area contributed by atoms with Crippen LogP contribution in [-0.2, 0) is 14.3 Å². The van der Waals surface area contributed by atoms with Gasteiger partial charge in [0, 0.05) is 61.0 Å². The lowest BCUT2D eigenvalue weighted by Gasteiger charge is -2.41. The molecule has 0 saturated carbocycles. The number of nitrogens with zero attached hydrogens (tertiary/aromatic N) is 2. The summed E-state index contributed by atoms with van der Waals surface area (Å²) in [4.78, 5) is 30.2. The Morgan fingerprint density at radius 1 is 1.19 bits per heavy atom. The van der Waals surface area contributed by atoms with E-state index in [4.69, 9.17) is 27.9 Å². The zero-order chi connectivity index (χ0) is 22.9. The first kappa shape index (κ1) is 23.6. The molecule has 3 atom stereocenters. The zero-order valence-corrected chi connectivity index (χ0v) is 19.7. The zero-order valence-electron chi connectivity index (χ0n) is 18.2. The number of carbonyl (C=O) groups is 2. The minimum atomic E-state index is -1.10. The maximum absolute atomic E-state index is 13.3. The van der Waals surface area contributed by atoms with E-state index in [0.29, 0.717) is 55.9 Å².